The molecule has 3 aromatic carbocycles. The van der Waals surface area contributed by atoms with Crippen LogP contribution in [0.5, 0.6) is 5.75 Å². The first-order valence-electron chi connectivity index (χ1n) is 11.2. The molecule has 6 heteroatoms. The number of hydrogen-bond acceptors (Lipinski definition) is 3. The van der Waals surface area contributed by atoms with Crippen LogP contribution >= 0.6 is 0 Å². The molecule has 0 unspecified atom stereocenters. The van der Waals surface area contributed by atoms with Crippen LogP contribution in [0.2, 0.25) is 0 Å². The average Bonchev–Trinajstić information content (AvgIpc) is 2.85. The van der Waals surface area contributed by atoms with Crippen molar-refractivity contribution in [1.82, 2.24) is 10.2 Å². The Hall–Kier alpha value is -3.67. The van der Waals surface area contributed by atoms with Crippen LogP contribution in [0, 0.1) is 11.7 Å². The van der Waals surface area contributed by atoms with Crippen LogP contribution in [0.15, 0.2) is 78.9 Å². The molecule has 1 aliphatic heterocycles. The van der Waals surface area contributed by atoms with Crippen LogP contribution in [-0.2, 0) is 13.0 Å². The highest BCUT2D eigenvalue weighted by Gasteiger charge is 2.25. The Balaban J connectivity index is 1.23. The number of halogens is 1. The molecule has 1 saturated heterocycles. The molecule has 33 heavy (non-hydrogen) atoms. The van der Waals surface area contributed by atoms with E-state index in [0.717, 1.165) is 18.4 Å². The zero-order chi connectivity index (χ0) is 23.0. The van der Waals surface area contributed by atoms with Gasteiger partial charge in [0.15, 0.2) is 0 Å². The van der Waals surface area contributed by atoms with E-state index < -0.39 is 11.9 Å². The van der Waals surface area contributed by atoms with E-state index in [0.29, 0.717) is 48.9 Å². The Bertz CT molecular complexity index is 1080. The summed E-state index contributed by atoms with van der Waals surface area (Å²) in [5, 5.41) is 2.46. The third-order valence-electron chi connectivity index (χ3n) is 5.95. The monoisotopic (exact) mass is 446 g/mol. The largest absolute Gasteiger partial charge is 0.489 e. The first kappa shape index (κ1) is 22.5. The second-order valence-electron chi connectivity index (χ2n) is 8.28. The number of likely N-dealkylation sites (tertiary alicyclic amines) is 1. The lowest BCUT2D eigenvalue weighted by Crippen LogP contribution is -2.46. The van der Waals surface area contributed by atoms with Crippen LogP contribution in [0.25, 0.3) is 0 Å². The molecule has 5 nitrogen and oxygen atoms in total. The van der Waals surface area contributed by atoms with Crippen molar-refractivity contribution in [1.29, 1.82) is 0 Å². The van der Waals surface area contributed by atoms with E-state index in [1.165, 1.54) is 6.07 Å². The summed E-state index contributed by atoms with van der Waals surface area (Å²) in [6, 6.07) is 23.0. The number of piperidine rings is 1. The minimum absolute atomic E-state index is 0.181. The van der Waals surface area contributed by atoms with Gasteiger partial charge in [-0.1, -0.05) is 48.5 Å². The number of rotatable bonds is 6. The summed E-state index contributed by atoms with van der Waals surface area (Å²) in [4.78, 5) is 26.7. The van der Waals surface area contributed by atoms with Crippen LogP contribution in [0.4, 0.5) is 9.18 Å². The van der Waals surface area contributed by atoms with Gasteiger partial charge in [0.25, 0.3) is 5.91 Å². The topological polar surface area (TPSA) is 58.6 Å². The van der Waals surface area contributed by atoms with E-state index in [2.05, 4.69) is 5.32 Å². The molecule has 0 bridgehead atoms. The van der Waals surface area contributed by atoms with Gasteiger partial charge in [-0.05, 0) is 66.6 Å². The third-order valence-corrected chi connectivity index (χ3v) is 5.95. The Kier molecular flexibility index (Phi) is 7.35. The summed E-state index contributed by atoms with van der Waals surface area (Å²) in [5.41, 5.74) is 2.17. The molecule has 1 aliphatic rings. The smallest absolute Gasteiger partial charge is 0.324 e. The number of imide groups is 1. The number of carbonyl (C=O) groups is 2. The molecule has 1 N–H and O–H groups in total. The number of urea groups is 1. The molecule has 0 spiro atoms. The zero-order valence-electron chi connectivity index (χ0n) is 18.4. The van der Waals surface area contributed by atoms with E-state index in [4.69, 9.17) is 4.74 Å². The number of amides is 3. The average molecular weight is 447 g/mol. The van der Waals surface area contributed by atoms with Gasteiger partial charge in [-0.25, -0.2) is 9.18 Å². The molecule has 1 fully saturated rings. The minimum atomic E-state index is -0.442. The number of hydrogen-bond donors (Lipinski definition) is 1. The summed E-state index contributed by atoms with van der Waals surface area (Å²) in [6.07, 6.45) is 2.23. The fraction of sp³-hybridized carbons (Fsp3) is 0.259. The van der Waals surface area contributed by atoms with E-state index in [-0.39, 0.29) is 5.82 Å². The second kappa shape index (κ2) is 10.8. The van der Waals surface area contributed by atoms with Crippen molar-refractivity contribution in [3.63, 3.8) is 0 Å². The van der Waals surface area contributed by atoms with Gasteiger partial charge >= 0.3 is 6.03 Å². The van der Waals surface area contributed by atoms with Crippen molar-refractivity contribution in [2.24, 2.45) is 5.92 Å². The molecule has 0 saturated carbocycles. The predicted octanol–water partition coefficient (Wildman–Crippen LogP) is 5.21. The maximum atomic E-state index is 13.9. The highest BCUT2D eigenvalue weighted by atomic mass is 19.1. The number of carbonyl (C=O) groups excluding carboxylic acids is 2. The molecule has 170 valence electrons. The van der Waals surface area contributed by atoms with Crippen molar-refractivity contribution in [2.75, 3.05) is 13.1 Å². The number of nitrogens with one attached hydrogen (secondary N) is 1. The zero-order valence-corrected chi connectivity index (χ0v) is 18.4. The fourth-order valence-corrected chi connectivity index (χ4v) is 4.01. The molecule has 3 aromatic rings. The molecule has 4 rings (SSSR count). The number of ether oxygens (including phenoxy) is 1. The lowest BCUT2D eigenvalue weighted by atomic mass is 9.90. The minimum Gasteiger partial charge on any atom is -0.489 e. The molecule has 0 aromatic heterocycles. The normalized spacial score (nSPS) is 14.0. The first-order valence-corrected chi connectivity index (χ1v) is 11.2. The summed E-state index contributed by atoms with van der Waals surface area (Å²) >= 11 is 0. The first-order chi connectivity index (χ1) is 16.1. The van der Waals surface area contributed by atoms with Crippen molar-refractivity contribution in [2.45, 2.75) is 25.9 Å². The third kappa shape index (κ3) is 6.19. The van der Waals surface area contributed by atoms with E-state index in [1.807, 2.05) is 42.5 Å². The maximum absolute atomic E-state index is 13.9. The van der Waals surface area contributed by atoms with Crippen molar-refractivity contribution >= 4 is 11.9 Å². The van der Waals surface area contributed by atoms with E-state index >= 15 is 0 Å². The van der Waals surface area contributed by atoms with Gasteiger partial charge in [0.1, 0.15) is 18.2 Å². The van der Waals surface area contributed by atoms with Gasteiger partial charge in [-0.3, -0.25) is 10.1 Å². The highest BCUT2D eigenvalue weighted by Crippen LogP contribution is 2.23. The van der Waals surface area contributed by atoms with Crippen molar-refractivity contribution < 1.29 is 18.7 Å². The lowest BCUT2D eigenvalue weighted by molar-refractivity contribution is 0.0945. The predicted molar refractivity (Wildman–Crippen MR) is 124 cm³/mol. The molecule has 3 amide bonds. The summed E-state index contributed by atoms with van der Waals surface area (Å²) < 4.78 is 19.6. The summed E-state index contributed by atoms with van der Waals surface area (Å²) in [7, 11) is 0. The quantitative estimate of drug-likeness (QED) is 0.566. The van der Waals surface area contributed by atoms with Crippen LogP contribution in [-0.4, -0.2) is 29.9 Å². The molecule has 0 atom stereocenters. The van der Waals surface area contributed by atoms with E-state index in [1.54, 1.807) is 35.2 Å². The Morgan fingerprint density at radius 1 is 0.909 bits per heavy atom. The van der Waals surface area contributed by atoms with Gasteiger partial charge in [-0.2, -0.15) is 0 Å². The van der Waals surface area contributed by atoms with Crippen molar-refractivity contribution in [3.05, 3.63) is 101 Å². The standard InChI is InChI=1S/C27H27FN2O3/c28-25-9-5-4-8-23(25)18-20-14-16-30(17-15-20)27(32)29-26(31)22-10-12-24(13-11-22)33-19-21-6-2-1-3-7-21/h1-13,20H,14-19H2,(H,29,31,32). The number of nitrogens with zero attached hydrogens (tertiary/aromatic N) is 1. The summed E-state index contributed by atoms with van der Waals surface area (Å²) in [5.74, 6) is 0.353. The lowest BCUT2D eigenvalue weighted by Gasteiger charge is -2.32. The maximum Gasteiger partial charge on any atom is 0.324 e. The van der Waals surface area contributed by atoms with Gasteiger partial charge < -0.3 is 9.64 Å². The molecular weight excluding hydrogens is 419 g/mol. The van der Waals surface area contributed by atoms with Gasteiger partial charge in [0.05, 0.1) is 0 Å². The van der Waals surface area contributed by atoms with Crippen molar-refractivity contribution in [3.8, 4) is 5.75 Å². The Morgan fingerprint density at radius 3 is 2.27 bits per heavy atom. The molecule has 0 aliphatic carbocycles. The molecule has 1 heterocycles. The van der Waals surface area contributed by atoms with Gasteiger partial charge in [-0.15, -0.1) is 0 Å². The SMILES string of the molecule is O=C(NC(=O)N1CCC(Cc2ccccc2F)CC1)c1ccc(OCc2ccccc2)cc1. The second-order valence-corrected chi connectivity index (χ2v) is 8.28. The fourth-order valence-electron chi connectivity index (χ4n) is 4.01. The van der Waals surface area contributed by atoms with E-state index in [9.17, 15) is 14.0 Å². The number of benzene rings is 3. The van der Waals surface area contributed by atoms with Gasteiger partial charge in [0, 0.05) is 18.7 Å². The summed E-state index contributed by atoms with van der Waals surface area (Å²) in [6.45, 7) is 1.53. The molecule has 0 radical (unpaired) electrons. The Labute approximate surface area is 193 Å². The van der Waals surface area contributed by atoms with Gasteiger partial charge in [0.2, 0.25) is 0 Å². The van der Waals surface area contributed by atoms with Crippen LogP contribution in [0.3, 0.4) is 0 Å². The molecular formula is C27H27FN2O3. The van der Waals surface area contributed by atoms with Crippen LogP contribution in [0.1, 0.15) is 34.3 Å². The Morgan fingerprint density at radius 2 is 1.58 bits per heavy atom. The van der Waals surface area contributed by atoms with Crippen LogP contribution < -0.4 is 10.1 Å². The highest BCUT2D eigenvalue weighted by molar-refractivity contribution is 6.04.